The lowest BCUT2D eigenvalue weighted by molar-refractivity contribution is 0.574. The van der Waals surface area contributed by atoms with Gasteiger partial charge in [-0.05, 0) is 36.1 Å². The van der Waals surface area contributed by atoms with Crippen molar-refractivity contribution < 1.29 is 0 Å². The summed E-state index contributed by atoms with van der Waals surface area (Å²) in [5, 5.41) is 3.58. The Balaban J connectivity index is 2.18. The third kappa shape index (κ3) is 0.824. The first kappa shape index (κ1) is 7.10. The fraction of sp³-hybridized carbons (Fsp3) is 0.400. The van der Waals surface area contributed by atoms with Gasteiger partial charge in [0, 0.05) is 16.6 Å². The predicted molar refractivity (Wildman–Crippen MR) is 51.9 cm³/mol. The molecule has 1 spiro atoms. The normalized spacial score (nSPS) is 22.8. The highest BCUT2D eigenvalue weighted by Gasteiger charge is 2.48. The molecule has 0 atom stereocenters. The van der Waals surface area contributed by atoms with E-state index >= 15 is 0 Å². The van der Waals surface area contributed by atoms with E-state index in [-0.39, 0.29) is 0 Å². The van der Waals surface area contributed by atoms with Crippen molar-refractivity contribution in [2.75, 3.05) is 0 Å². The fourth-order valence-corrected chi connectivity index (χ4v) is 2.51. The molecule has 1 fully saturated rings. The molecule has 1 aromatic rings. The molecule has 62 valence electrons. The van der Waals surface area contributed by atoms with Crippen LogP contribution in [-0.4, -0.2) is 0 Å². The van der Waals surface area contributed by atoms with E-state index < -0.39 is 0 Å². The smallest absolute Gasteiger partial charge is 0.0442 e. The van der Waals surface area contributed by atoms with Gasteiger partial charge in [-0.2, -0.15) is 0 Å². The largest absolute Gasteiger partial charge is 0.303 e. The number of hydrogen-bond acceptors (Lipinski definition) is 1. The van der Waals surface area contributed by atoms with Gasteiger partial charge in [0.25, 0.3) is 0 Å². The molecule has 2 heteroatoms. The highest BCUT2D eigenvalue weighted by molar-refractivity contribution is 9.10. The van der Waals surface area contributed by atoms with Crippen LogP contribution in [0.15, 0.2) is 22.7 Å². The SMILES string of the molecule is Brc1ccc2c(c1)CNC21CC1. The molecule has 0 saturated heterocycles. The molecule has 1 N–H and O–H groups in total. The van der Waals surface area contributed by atoms with Crippen LogP contribution in [0.4, 0.5) is 0 Å². The molecule has 12 heavy (non-hydrogen) atoms. The van der Waals surface area contributed by atoms with Crippen molar-refractivity contribution in [3.63, 3.8) is 0 Å². The van der Waals surface area contributed by atoms with E-state index in [1.807, 2.05) is 0 Å². The zero-order chi connectivity index (χ0) is 8.18. The molecular weight excluding hydrogens is 214 g/mol. The van der Waals surface area contributed by atoms with E-state index in [1.165, 1.54) is 28.4 Å². The van der Waals surface area contributed by atoms with E-state index in [0.717, 1.165) is 6.54 Å². The highest BCUT2D eigenvalue weighted by Crippen LogP contribution is 2.50. The second-order valence-electron chi connectivity index (χ2n) is 3.74. The van der Waals surface area contributed by atoms with Crippen LogP contribution in [0.25, 0.3) is 0 Å². The van der Waals surface area contributed by atoms with E-state index in [4.69, 9.17) is 0 Å². The van der Waals surface area contributed by atoms with Crippen molar-refractivity contribution in [1.82, 2.24) is 5.32 Å². The van der Waals surface area contributed by atoms with Gasteiger partial charge in [-0.15, -0.1) is 0 Å². The monoisotopic (exact) mass is 223 g/mol. The quantitative estimate of drug-likeness (QED) is 0.714. The summed E-state index contributed by atoms with van der Waals surface area (Å²) in [6, 6.07) is 6.63. The van der Waals surface area contributed by atoms with Gasteiger partial charge >= 0.3 is 0 Å². The molecule has 0 aromatic heterocycles. The average molecular weight is 224 g/mol. The number of hydrogen-bond donors (Lipinski definition) is 1. The van der Waals surface area contributed by atoms with Gasteiger partial charge in [-0.1, -0.05) is 22.0 Å². The Morgan fingerprint density at radius 1 is 1.33 bits per heavy atom. The molecule has 1 aliphatic carbocycles. The summed E-state index contributed by atoms with van der Waals surface area (Å²) < 4.78 is 1.20. The van der Waals surface area contributed by atoms with Crippen molar-refractivity contribution >= 4 is 15.9 Å². The minimum atomic E-state index is 0.399. The van der Waals surface area contributed by atoms with Crippen LogP contribution in [0.2, 0.25) is 0 Å². The molecule has 1 heterocycles. The Labute approximate surface area is 80.3 Å². The first-order valence-electron chi connectivity index (χ1n) is 4.34. The maximum atomic E-state index is 3.58. The maximum absolute atomic E-state index is 3.58. The van der Waals surface area contributed by atoms with Gasteiger partial charge in [0.2, 0.25) is 0 Å². The summed E-state index contributed by atoms with van der Waals surface area (Å²) in [5.41, 5.74) is 3.41. The topological polar surface area (TPSA) is 12.0 Å². The summed E-state index contributed by atoms with van der Waals surface area (Å²) in [6.07, 6.45) is 2.64. The lowest BCUT2D eigenvalue weighted by atomic mass is 10.0. The molecule has 0 bridgehead atoms. The molecule has 3 rings (SSSR count). The van der Waals surface area contributed by atoms with Crippen LogP contribution < -0.4 is 5.32 Å². The van der Waals surface area contributed by atoms with Crippen LogP contribution in [0.3, 0.4) is 0 Å². The summed E-state index contributed by atoms with van der Waals surface area (Å²) >= 11 is 3.50. The number of fused-ring (bicyclic) bond motifs is 2. The fourth-order valence-electron chi connectivity index (χ4n) is 2.11. The summed E-state index contributed by atoms with van der Waals surface area (Å²) in [6.45, 7) is 1.05. The van der Waals surface area contributed by atoms with Crippen LogP contribution in [0.5, 0.6) is 0 Å². The van der Waals surface area contributed by atoms with Gasteiger partial charge in [0.05, 0.1) is 0 Å². The minimum absolute atomic E-state index is 0.399. The van der Waals surface area contributed by atoms with Crippen molar-refractivity contribution in [2.45, 2.75) is 24.9 Å². The Kier molecular flexibility index (Phi) is 1.25. The van der Waals surface area contributed by atoms with Gasteiger partial charge < -0.3 is 5.32 Å². The van der Waals surface area contributed by atoms with Crippen LogP contribution in [0, 0.1) is 0 Å². The third-order valence-corrected chi connectivity index (χ3v) is 3.44. The average Bonchev–Trinajstić information content (AvgIpc) is 2.73. The number of rotatable bonds is 0. The van der Waals surface area contributed by atoms with Gasteiger partial charge in [-0.3, -0.25) is 0 Å². The lowest BCUT2D eigenvalue weighted by Crippen LogP contribution is -2.19. The first-order chi connectivity index (χ1) is 5.80. The molecule has 1 aliphatic heterocycles. The van der Waals surface area contributed by atoms with Gasteiger partial charge in [-0.25, -0.2) is 0 Å². The van der Waals surface area contributed by atoms with Crippen LogP contribution in [0.1, 0.15) is 24.0 Å². The van der Waals surface area contributed by atoms with Crippen molar-refractivity contribution in [3.05, 3.63) is 33.8 Å². The molecule has 1 saturated carbocycles. The number of halogens is 1. The number of nitrogens with one attached hydrogen (secondary N) is 1. The predicted octanol–water partition coefficient (Wildman–Crippen LogP) is 2.54. The lowest BCUT2D eigenvalue weighted by Gasteiger charge is -2.07. The molecule has 0 radical (unpaired) electrons. The Morgan fingerprint density at radius 3 is 2.92 bits per heavy atom. The van der Waals surface area contributed by atoms with Crippen LogP contribution >= 0.6 is 15.9 Å². The Morgan fingerprint density at radius 2 is 2.17 bits per heavy atom. The summed E-state index contributed by atoms with van der Waals surface area (Å²) in [5.74, 6) is 0. The van der Waals surface area contributed by atoms with E-state index in [1.54, 1.807) is 0 Å². The molecule has 0 amide bonds. The van der Waals surface area contributed by atoms with E-state index in [9.17, 15) is 0 Å². The second-order valence-corrected chi connectivity index (χ2v) is 4.65. The zero-order valence-corrected chi connectivity index (χ0v) is 8.32. The molecule has 2 aliphatic rings. The van der Waals surface area contributed by atoms with Gasteiger partial charge in [0.1, 0.15) is 0 Å². The molecule has 1 nitrogen and oxygen atoms in total. The van der Waals surface area contributed by atoms with Gasteiger partial charge in [0.15, 0.2) is 0 Å². The second kappa shape index (κ2) is 2.12. The molecule has 0 unspecified atom stereocenters. The summed E-state index contributed by atoms with van der Waals surface area (Å²) in [4.78, 5) is 0. The Hall–Kier alpha value is -0.340. The summed E-state index contributed by atoms with van der Waals surface area (Å²) in [7, 11) is 0. The van der Waals surface area contributed by atoms with Crippen molar-refractivity contribution in [3.8, 4) is 0 Å². The van der Waals surface area contributed by atoms with Crippen molar-refractivity contribution in [1.29, 1.82) is 0 Å². The minimum Gasteiger partial charge on any atom is -0.303 e. The number of benzene rings is 1. The third-order valence-electron chi connectivity index (χ3n) is 2.95. The van der Waals surface area contributed by atoms with E-state index in [2.05, 4.69) is 39.4 Å². The van der Waals surface area contributed by atoms with Crippen molar-refractivity contribution in [2.24, 2.45) is 0 Å². The maximum Gasteiger partial charge on any atom is 0.0442 e. The molecular formula is C10H10BrN. The highest BCUT2D eigenvalue weighted by atomic mass is 79.9. The Bertz CT molecular complexity index is 342. The zero-order valence-electron chi connectivity index (χ0n) is 6.73. The van der Waals surface area contributed by atoms with E-state index in [0.29, 0.717) is 5.54 Å². The standard InChI is InChI=1S/C10H10BrN/c11-8-1-2-9-7(5-8)6-12-10(9)3-4-10/h1-2,5,12H,3-4,6H2. The van der Waals surface area contributed by atoms with Crippen LogP contribution in [-0.2, 0) is 12.1 Å². The molecule has 1 aromatic carbocycles. The first-order valence-corrected chi connectivity index (χ1v) is 5.13.